The van der Waals surface area contributed by atoms with E-state index in [1.807, 2.05) is 0 Å². The molecule has 9 N–H and O–H groups in total. The topological polar surface area (TPSA) is 210 Å². The fraction of sp³-hybridized carbons (Fsp3) is 0.429. The third kappa shape index (κ3) is 20.8. The van der Waals surface area contributed by atoms with E-state index in [-0.39, 0.29) is 70.4 Å². The van der Waals surface area contributed by atoms with Gasteiger partial charge < -0.3 is 32.3 Å². The molecule has 0 aliphatic heterocycles. The van der Waals surface area contributed by atoms with E-state index in [9.17, 15) is 9.59 Å². The van der Waals surface area contributed by atoms with E-state index in [0.717, 1.165) is 0 Å². The van der Waals surface area contributed by atoms with Gasteiger partial charge >= 0.3 is 75.3 Å². The van der Waals surface area contributed by atoms with Crippen LogP contribution >= 0.6 is 0 Å². The maximum atomic E-state index is 9.99. The molecule has 1 atom stereocenters. The van der Waals surface area contributed by atoms with Crippen LogP contribution in [0.1, 0.15) is 12.8 Å². The summed E-state index contributed by atoms with van der Waals surface area (Å²) in [5, 5.41) is 31.1. The fourth-order valence-electron chi connectivity index (χ4n) is 0.402. The first-order chi connectivity index (χ1) is 7.18. The summed E-state index contributed by atoms with van der Waals surface area (Å²) in [4.78, 5) is 38.1. The van der Waals surface area contributed by atoms with Crippen molar-refractivity contribution >= 4 is 75.3 Å². The molecule has 0 rings (SSSR count). The number of hydrogen-bond donors (Lipinski definition) is 6. The SMILES string of the molecule is N.NC(CCC(=O)O)C(=O)O.O=C(O)C(=O)O.[KH]. The molecular weight excluding hydrogens is 279 g/mol. The van der Waals surface area contributed by atoms with Crippen LogP contribution in [0.2, 0.25) is 0 Å². The van der Waals surface area contributed by atoms with Crippen molar-refractivity contribution in [3.05, 3.63) is 0 Å². The molecule has 1 unspecified atom stereocenters. The Kier molecular flexibility index (Phi) is 21.0. The predicted octanol–water partition coefficient (Wildman–Crippen LogP) is -2.07. The fourth-order valence-corrected chi connectivity index (χ4v) is 0.402. The molecule has 0 aromatic carbocycles. The third-order valence-electron chi connectivity index (χ3n) is 1.17. The van der Waals surface area contributed by atoms with Gasteiger partial charge in [0.2, 0.25) is 0 Å². The zero-order valence-electron chi connectivity index (χ0n) is 8.70. The third-order valence-corrected chi connectivity index (χ3v) is 1.17. The van der Waals surface area contributed by atoms with Crippen LogP contribution in [0.25, 0.3) is 0 Å². The molecule has 10 nitrogen and oxygen atoms in total. The summed E-state index contributed by atoms with van der Waals surface area (Å²) in [6.07, 6.45) is -0.224. The van der Waals surface area contributed by atoms with Crippen molar-refractivity contribution in [2.45, 2.75) is 18.9 Å². The van der Waals surface area contributed by atoms with Crippen molar-refractivity contribution in [3.63, 3.8) is 0 Å². The quantitative estimate of drug-likeness (QED) is 0.246. The summed E-state index contributed by atoms with van der Waals surface area (Å²) in [6.45, 7) is 0. The van der Waals surface area contributed by atoms with Crippen LogP contribution in [0.15, 0.2) is 0 Å². The first-order valence-electron chi connectivity index (χ1n) is 3.84. The standard InChI is InChI=1S/C5H9NO4.C2H2O4.K.H3N.H/c6-3(5(9)10)1-2-4(7)8;3-1(4)2(5)6;;;/h3H,1-2,6H2,(H,7,8)(H,9,10);(H,3,4)(H,5,6);;1H3;. The van der Waals surface area contributed by atoms with Gasteiger partial charge in [-0.05, 0) is 6.42 Å². The van der Waals surface area contributed by atoms with Gasteiger partial charge in [-0.15, -0.1) is 0 Å². The summed E-state index contributed by atoms with van der Waals surface area (Å²) >= 11 is 0. The summed E-state index contributed by atoms with van der Waals surface area (Å²) in [6, 6.07) is -1.06. The van der Waals surface area contributed by atoms with Crippen molar-refractivity contribution in [3.8, 4) is 0 Å². The monoisotopic (exact) mass is 294 g/mol. The molecule has 0 amide bonds. The Morgan fingerprint density at radius 2 is 1.28 bits per heavy atom. The van der Waals surface area contributed by atoms with E-state index >= 15 is 0 Å². The van der Waals surface area contributed by atoms with Gasteiger partial charge in [0, 0.05) is 6.42 Å². The Balaban J connectivity index is -0.000000108. The Bertz CT molecular complexity index is 283. The van der Waals surface area contributed by atoms with Gasteiger partial charge in [0.1, 0.15) is 6.04 Å². The number of hydrogen-bond acceptors (Lipinski definition) is 6. The maximum absolute atomic E-state index is 9.99. The minimum atomic E-state index is -1.82. The molecule has 0 bridgehead atoms. The minimum absolute atomic E-state index is 0. The summed E-state index contributed by atoms with van der Waals surface area (Å²) in [5.41, 5.74) is 5.00. The number of nitrogens with two attached hydrogens (primary N) is 1. The zero-order chi connectivity index (χ0) is 13.3. The number of carboxylic acids is 4. The molecule has 0 saturated heterocycles. The molecule has 102 valence electrons. The van der Waals surface area contributed by atoms with Gasteiger partial charge in [0.05, 0.1) is 0 Å². The first-order valence-corrected chi connectivity index (χ1v) is 3.84. The number of carboxylic acid groups (broad SMARTS) is 4. The molecular formula is C7H15KN2O8. The van der Waals surface area contributed by atoms with Crippen molar-refractivity contribution in [1.29, 1.82) is 0 Å². The average Bonchev–Trinajstić information content (AvgIpc) is 2.14. The predicted molar refractivity (Wildman–Crippen MR) is 59.9 cm³/mol. The Hall–Kier alpha value is -0.564. The molecule has 0 spiro atoms. The molecule has 0 radical (unpaired) electrons. The van der Waals surface area contributed by atoms with E-state index in [1.165, 1.54) is 0 Å². The molecule has 0 aromatic heterocycles. The van der Waals surface area contributed by atoms with Crippen molar-refractivity contribution in [2.75, 3.05) is 0 Å². The van der Waals surface area contributed by atoms with E-state index < -0.39 is 29.9 Å². The van der Waals surface area contributed by atoms with Crippen LogP contribution in [0.4, 0.5) is 0 Å². The number of carbonyl (C=O) groups is 4. The van der Waals surface area contributed by atoms with Crippen molar-refractivity contribution in [2.24, 2.45) is 5.73 Å². The molecule has 0 saturated carbocycles. The molecule has 0 aliphatic rings. The second-order valence-electron chi connectivity index (χ2n) is 2.49. The van der Waals surface area contributed by atoms with Crippen molar-refractivity contribution in [1.82, 2.24) is 6.15 Å². The van der Waals surface area contributed by atoms with Crippen molar-refractivity contribution < 1.29 is 39.6 Å². The number of aliphatic carboxylic acids is 4. The molecule has 0 heterocycles. The summed E-state index contributed by atoms with van der Waals surface area (Å²) < 4.78 is 0. The van der Waals surface area contributed by atoms with Gasteiger partial charge in [-0.2, -0.15) is 0 Å². The zero-order valence-corrected chi connectivity index (χ0v) is 8.70. The number of rotatable bonds is 4. The first kappa shape index (κ1) is 26.1. The van der Waals surface area contributed by atoms with Crippen LogP contribution in [0.5, 0.6) is 0 Å². The van der Waals surface area contributed by atoms with Gasteiger partial charge in [-0.3, -0.25) is 9.59 Å². The molecule has 0 fully saturated rings. The van der Waals surface area contributed by atoms with Gasteiger partial charge in [-0.25, -0.2) is 9.59 Å². The van der Waals surface area contributed by atoms with Crippen LogP contribution in [-0.2, 0) is 19.2 Å². The second-order valence-corrected chi connectivity index (χ2v) is 2.49. The summed E-state index contributed by atoms with van der Waals surface area (Å²) in [7, 11) is 0. The van der Waals surface area contributed by atoms with Crippen LogP contribution in [-0.4, -0.2) is 102 Å². The molecule has 0 aromatic rings. The second kappa shape index (κ2) is 14.5. The van der Waals surface area contributed by atoms with Gasteiger partial charge in [0.25, 0.3) is 0 Å². The van der Waals surface area contributed by atoms with E-state index in [4.69, 9.17) is 35.7 Å². The molecule has 11 heteroatoms. The van der Waals surface area contributed by atoms with Gasteiger partial charge in [-0.1, -0.05) is 0 Å². The normalized spacial score (nSPS) is 9.39. The van der Waals surface area contributed by atoms with E-state index in [2.05, 4.69) is 0 Å². The van der Waals surface area contributed by atoms with Crippen LogP contribution in [0.3, 0.4) is 0 Å². The molecule has 18 heavy (non-hydrogen) atoms. The summed E-state index contributed by atoms with van der Waals surface area (Å²) in [5.74, 6) is -5.84. The van der Waals surface area contributed by atoms with Gasteiger partial charge in [0.15, 0.2) is 0 Å². The van der Waals surface area contributed by atoms with E-state index in [1.54, 1.807) is 0 Å². The Morgan fingerprint density at radius 3 is 1.44 bits per heavy atom. The van der Waals surface area contributed by atoms with Crippen LogP contribution in [0, 0.1) is 0 Å². The molecule has 0 aliphatic carbocycles. The van der Waals surface area contributed by atoms with E-state index in [0.29, 0.717) is 0 Å². The average molecular weight is 294 g/mol. The Morgan fingerprint density at radius 1 is 0.944 bits per heavy atom. The van der Waals surface area contributed by atoms with Crippen LogP contribution < -0.4 is 11.9 Å². The Labute approximate surface area is 144 Å².